The molecule has 4 rings (SSSR count). The van der Waals surface area contributed by atoms with Gasteiger partial charge >= 0.3 is 5.97 Å². The van der Waals surface area contributed by atoms with E-state index in [0.29, 0.717) is 24.4 Å². The first-order valence-corrected chi connectivity index (χ1v) is 9.32. The quantitative estimate of drug-likeness (QED) is 0.696. The van der Waals surface area contributed by atoms with Gasteiger partial charge in [0.15, 0.2) is 0 Å². The Balaban J connectivity index is 1.59. The van der Waals surface area contributed by atoms with E-state index in [1.54, 1.807) is 18.6 Å². The highest BCUT2D eigenvalue weighted by atomic mass is 32.1. The van der Waals surface area contributed by atoms with Crippen LogP contribution in [0.15, 0.2) is 41.7 Å². The van der Waals surface area contributed by atoms with Gasteiger partial charge in [0, 0.05) is 35.5 Å². The van der Waals surface area contributed by atoms with E-state index in [1.807, 2.05) is 19.1 Å². The highest BCUT2D eigenvalue weighted by Gasteiger charge is 2.31. The van der Waals surface area contributed by atoms with Crippen molar-refractivity contribution in [2.75, 3.05) is 5.32 Å². The smallest absolute Gasteiger partial charge is 0.326 e. The fourth-order valence-corrected chi connectivity index (χ4v) is 4.08. The summed E-state index contributed by atoms with van der Waals surface area (Å²) >= 11 is 1.53. The molecule has 0 aromatic carbocycles. The van der Waals surface area contributed by atoms with Crippen LogP contribution in [0.25, 0.3) is 10.6 Å². The first-order valence-electron chi connectivity index (χ1n) is 8.50. The lowest BCUT2D eigenvalue weighted by Crippen LogP contribution is -2.30. The van der Waals surface area contributed by atoms with E-state index in [1.165, 1.54) is 22.1 Å². The predicted octanol–water partition coefficient (Wildman–Crippen LogP) is 2.51. The Morgan fingerprint density at radius 2 is 2.11 bits per heavy atom. The lowest BCUT2D eigenvalue weighted by Gasteiger charge is -2.15. The van der Waals surface area contributed by atoms with Crippen LogP contribution in [0.4, 0.5) is 5.69 Å². The number of carbonyl (C=O) groups is 1. The molecule has 9 heteroatoms. The number of aromatic nitrogens is 4. The number of pyridine rings is 1. The van der Waals surface area contributed by atoms with Crippen molar-refractivity contribution in [2.45, 2.75) is 31.8 Å². The minimum Gasteiger partial charge on any atom is -0.480 e. The van der Waals surface area contributed by atoms with Crippen molar-refractivity contribution in [2.24, 2.45) is 0 Å². The second-order valence-corrected chi connectivity index (χ2v) is 7.39. The molecule has 0 saturated carbocycles. The highest BCUT2D eigenvalue weighted by molar-refractivity contribution is 7.15. The van der Waals surface area contributed by atoms with Gasteiger partial charge < -0.3 is 10.4 Å². The van der Waals surface area contributed by atoms with Crippen LogP contribution in [0.5, 0.6) is 0 Å². The SMILES string of the molecule is C[C@@H](Nc1cnc2n(c1=O)[C@H](C(=O)O)CC2)c1cnc(-c2ccncc2)s1. The molecule has 0 radical (unpaired) electrons. The lowest BCUT2D eigenvalue weighted by molar-refractivity contribution is -0.140. The van der Waals surface area contributed by atoms with Crippen molar-refractivity contribution < 1.29 is 9.90 Å². The van der Waals surface area contributed by atoms with Crippen molar-refractivity contribution in [3.63, 3.8) is 0 Å². The van der Waals surface area contributed by atoms with Crippen LogP contribution in [-0.2, 0) is 11.2 Å². The number of thiazole rings is 1. The molecule has 2 N–H and O–H groups in total. The summed E-state index contributed by atoms with van der Waals surface area (Å²) in [6.07, 6.45) is 7.57. The van der Waals surface area contributed by atoms with E-state index in [-0.39, 0.29) is 11.6 Å². The average molecular weight is 383 g/mol. The Bertz CT molecular complexity index is 1050. The van der Waals surface area contributed by atoms with Crippen LogP contribution >= 0.6 is 11.3 Å². The summed E-state index contributed by atoms with van der Waals surface area (Å²) in [7, 11) is 0. The van der Waals surface area contributed by atoms with E-state index in [9.17, 15) is 14.7 Å². The lowest BCUT2D eigenvalue weighted by atomic mass is 10.2. The minimum absolute atomic E-state index is 0.170. The van der Waals surface area contributed by atoms with Crippen LogP contribution in [0.3, 0.4) is 0 Å². The van der Waals surface area contributed by atoms with Crippen molar-refractivity contribution in [3.05, 3.63) is 58.0 Å². The van der Waals surface area contributed by atoms with E-state index < -0.39 is 12.0 Å². The molecule has 0 fully saturated rings. The Morgan fingerprint density at radius 1 is 1.33 bits per heavy atom. The maximum absolute atomic E-state index is 12.7. The van der Waals surface area contributed by atoms with Crippen LogP contribution < -0.4 is 10.9 Å². The largest absolute Gasteiger partial charge is 0.480 e. The molecule has 138 valence electrons. The maximum atomic E-state index is 12.7. The van der Waals surface area contributed by atoms with Crippen LogP contribution in [-0.4, -0.2) is 30.6 Å². The Hall–Kier alpha value is -3.07. The number of nitrogens with one attached hydrogen (secondary N) is 1. The molecule has 1 aliphatic heterocycles. The Morgan fingerprint density at radius 3 is 2.85 bits per heavy atom. The van der Waals surface area contributed by atoms with Gasteiger partial charge in [0.25, 0.3) is 5.56 Å². The van der Waals surface area contributed by atoms with Gasteiger partial charge in [-0.2, -0.15) is 0 Å². The van der Waals surface area contributed by atoms with Crippen molar-refractivity contribution in [1.29, 1.82) is 0 Å². The molecule has 0 amide bonds. The minimum atomic E-state index is -1.01. The summed E-state index contributed by atoms with van der Waals surface area (Å²) in [5.41, 5.74) is 0.922. The number of nitrogens with zero attached hydrogens (tertiary/aromatic N) is 4. The summed E-state index contributed by atoms with van der Waals surface area (Å²) in [4.78, 5) is 37.8. The van der Waals surface area contributed by atoms with Crippen LogP contribution in [0.1, 0.15) is 36.1 Å². The van der Waals surface area contributed by atoms with E-state index in [2.05, 4.69) is 20.3 Å². The Kier molecular flexibility index (Phi) is 4.44. The van der Waals surface area contributed by atoms with Gasteiger partial charge in [-0.05, 0) is 25.5 Å². The number of aliphatic carboxylic acids is 1. The summed E-state index contributed by atoms with van der Waals surface area (Å²) in [6.45, 7) is 1.93. The third kappa shape index (κ3) is 3.21. The highest BCUT2D eigenvalue weighted by Crippen LogP contribution is 2.30. The molecule has 0 aliphatic carbocycles. The molecular weight excluding hydrogens is 366 g/mol. The van der Waals surface area contributed by atoms with E-state index in [0.717, 1.165) is 15.4 Å². The fourth-order valence-electron chi connectivity index (χ4n) is 3.16. The van der Waals surface area contributed by atoms with Gasteiger partial charge in [-0.1, -0.05) is 0 Å². The molecule has 27 heavy (non-hydrogen) atoms. The maximum Gasteiger partial charge on any atom is 0.326 e. The number of hydrogen-bond donors (Lipinski definition) is 2. The normalized spacial score (nSPS) is 16.7. The predicted molar refractivity (Wildman–Crippen MR) is 101 cm³/mol. The first kappa shape index (κ1) is 17.3. The third-order valence-electron chi connectivity index (χ3n) is 4.56. The second-order valence-electron chi connectivity index (χ2n) is 6.33. The number of fused-ring (bicyclic) bond motifs is 1. The zero-order chi connectivity index (χ0) is 19.0. The van der Waals surface area contributed by atoms with Gasteiger partial charge in [0.1, 0.15) is 22.6 Å². The van der Waals surface area contributed by atoms with Gasteiger partial charge in [0.05, 0.1) is 12.2 Å². The number of anilines is 1. The summed E-state index contributed by atoms with van der Waals surface area (Å²) in [5, 5.41) is 13.3. The van der Waals surface area contributed by atoms with Gasteiger partial charge in [0.2, 0.25) is 0 Å². The van der Waals surface area contributed by atoms with Gasteiger partial charge in [-0.25, -0.2) is 14.8 Å². The molecule has 8 nitrogen and oxygen atoms in total. The number of carboxylic acid groups (broad SMARTS) is 1. The number of hydrogen-bond acceptors (Lipinski definition) is 7. The summed E-state index contributed by atoms with van der Waals surface area (Å²) in [6, 6.07) is 2.77. The summed E-state index contributed by atoms with van der Waals surface area (Å²) < 4.78 is 1.28. The number of aryl methyl sites for hydroxylation is 1. The standard InChI is InChI=1S/C18H17N5O3S/c1-10(14-9-21-16(27-14)11-4-6-19-7-5-11)22-12-8-20-15-3-2-13(18(25)26)23(15)17(12)24/h4-10,13,22H,2-3H2,1H3,(H,25,26)/t10-,13+/m1/s1. The van der Waals surface area contributed by atoms with E-state index in [4.69, 9.17) is 0 Å². The average Bonchev–Trinajstić information content (AvgIpc) is 3.32. The van der Waals surface area contributed by atoms with Crippen LogP contribution in [0.2, 0.25) is 0 Å². The van der Waals surface area contributed by atoms with Gasteiger partial charge in [-0.15, -0.1) is 11.3 Å². The summed E-state index contributed by atoms with van der Waals surface area (Å²) in [5.74, 6) is -0.490. The monoisotopic (exact) mass is 383 g/mol. The molecular formula is C18H17N5O3S. The van der Waals surface area contributed by atoms with Crippen molar-refractivity contribution in [3.8, 4) is 10.6 Å². The molecule has 0 saturated heterocycles. The molecule has 0 unspecified atom stereocenters. The zero-order valence-electron chi connectivity index (χ0n) is 14.5. The molecule has 3 aromatic heterocycles. The number of rotatable bonds is 5. The van der Waals surface area contributed by atoms with Gasteiger partial charge in [-0.3, -0.25) is 14.3 Å². The Labute approximate surface area is 158 Å². The molecule has 1 aliphatic rings. The van der Waals surface area contributed by atoms with E-state index >= 15 is 0 Å². The molecule has 0 bridgehead atoms. The van der Waals surface area contributed by atoms with Crippen molar-refractivity contribution in [1.82, 2.24) is 19.5 Å². The molecule has 3 aromatic rings. The molecule has 4 heterocycles. The fraction of sp³-hybridized carbons (Fsp3) is 0.278. The zero-order valence-corrected chi connectivity index (χ0v) is 15.3. The van der Waals surface area contributed by atoms with Crippen LogP contribution in [0, 0.1) is 0 Å². The van der Waals surface area contributed by atoms with Crippen molar-refractivity contribution >= 4 is 23.0 Å². The third-order valence-corrected chi connectivity index (χ3v) is 5.79. The molecule has 0 spiro atoms. The first-order chi connectivity index (χ1) is 13.0. The number of carboxylic acids is 1. The second kappa shape index (κ2) is 6.92. The molecule has 2 atom stereocenters. The topological polar surface area (TPSA) is 110 Å².